The van der Waals surface area contributed by atoms with Crippen molar-refractivity contribution < 1.29 is 14.3 Å². The lowest BCUT2D eigenvalue weighted by Gasteiger charge is -2.08. The van der Waals surface area contributed by atoms with E-state index in [2.05, 4.69) is 5.32 Å². The van der Waals surface area contributed by atoms with E-state index in [1.54, 1.807) is 19.1 Å². The van der Waals surface area contributed by atoms with Crippen LogP contribution in [-0.4, -0.2) is 17.6 Å². The molecule has 2 aromatic rings. The van der Waals surface area contributed by atoms with Crippen molar-refractivity contribution in [3.05, 3.63) is 65.0 Å². The summed E-state index contributed by atoms with van der Waals surface area (Å²) in [6.45, 7) is 2.19. The molecule has 0 heterocycles. The maximum atomic E-state index is 13.0. The summed E-state index contributed by atoms with van der Waals surface area (Å²) in [5.74, 6) is -0.329. The lowest BCUT2D eigenvalue weighted by atomic mass is 10.1. The zero-order valence-corrected chi connectivity index (χ0v) is 11.2. The van der Waals surface area contributed by atoms with E-state index in [1.165, 1.54) is 18.2 Å². The third-order valence-corrected chi connectivity index (χ3v) is 3.07. The molecule has 0 aromatic heterocycles. The number of phenols is 1. The van der Waals surface area contributed by atoms with Gasteiger partial charge in [0.2, 0.25) is 0 Å². The van der Waals surface area contributed by atoms with Crippen molar-refractivity contribution in [3.8, 4) is 5.75 Å². The number of carbonyl (C=O) groups excluding carboxylic acids is 1. The van der Waals surface area contributed by atoms with Crippen LogP contribution in [0.5, 0.6) is 5.75 Å². The molecule has 0 atom stereocenters. The highest BCUT2D eigenvalue weighted by Crippen LogP contribution is 2.11. The van der Waals surface area contributed by atoms with Crippen LogP contribution in [0.4, 0.5) is 4.39 Å². The molecule has 0 saturated heterocycles. The van der Waals surface area contributed by atoms with Gasteiger partial charge in [-0.15, -0.1) is 0 Å². The minimum absolute atomic E-state index is 0.207. The number of halogens is 1. The maximum absolute atomic E-state index is 13.0. The molecule has 0 aliphatic carbocycles. The number of aryl methyl sites for hydroxylation is 1. The minimum atomic E-state index is -0.344. The summed E-state index contributed by atoms with van der Waals surface area (Å²) in [7, 11) is 0. The summed E-state index contributed by atoms with van der Waals surface area (Å²) in [5.41, 5.74) is 2.13. The lowest BCUT2D eigenvalue weighted by molar-refractivity contribution is 0.0953. The first-order chi connectivity index (χ1) is 9.56. The summed E-state index contributed by atoms with van der Waals surface area (Å²) in [6.07, 6.45) is 0.673. The normalized spacial score (nSPS) is 10.3. The molecule has 0 aliphatic heterocycles. The number of hydrogen-bond donors (Lipinski definition) is 2. The smallest absolute Gasteiger partial charge is 0.251 e. The van der Waals surface area contributed by atoms with Gasteiger partial charge in [-0.05, 0) is 54.8 Å². The molecule has 0 aliphatic rings. The molecule has 2 aromatic carbocycles. The van der Waals surface area contributed by atoms with Gasteiger partial charge in [0, 0.05) is 12.1 Å². The molecular weight excluding hydrogens is 257 g/mol. The fourth-order valence-electron chi connectivity index (χ4n) is 1.96. The van der Waals surface area contributed by atoms with Crippen molar-refractivity contribution >= 4 is 5.91 Å². The Hall–Kier alpha value is -2.36. The van der Waals surface area contributed by atoms with Crippen LogP contribution in [0.1, 0.15) is 21.5 Å². The van der Waals surface area contributed by atoms with Gasteiger partial charge >= 0.3 is 0 Å². The molecule has 2 rings (SSSR count). The Bertz CT molecular complexity index is 608. The number of carbonyl (C=O) groups is 1. The molecular formula is C16H16FNO2. The van der Waals surface area contributed by atoms with Crippen LogP contribution < -0.4 is 5.32 Å². The van der Waals surface area contributed by atoms with E-state index in [-0.39, 0.29) is 17.5 Å². The average Bonchev–Trinajstić information content (AvgIpc) is 2.41. The predicted octanol–water partition coefficient (Wildman–Crippen LogP) is 2.81. The second kappa shape index (κ2) is 6.19. The molecule has 4 heteroatoms. The highest BCUT2D eigenvalue weighted by Gasteiger charge is 2.08. The van der Waals surface area contributed by atoms with E-state index in [4.69, 9.17) is 0 Å². The number of amides is 1. The first-order valence-corrected chi connectivity index (χ1v) is 6.38. The second-order valence-corrected chi connectivity index (χ2v) is 4.63. The number of aromatic hydroxyl groups is 1. The largest absolute Gasteiger partial charge is 0.508 e. The van der Waals surface area contributed by atoms with Crippen molar-refractivity contribution in [1.82, 2.24) is 5.32 Å². The highest BCUT2D eigenvalue weighted by molar-refractivity contribution is 5.95. The Morgan fingerprint density at radius 3 is 2.55 bits per heavy atom. The molecule has 2 N–H and O–H groups in total. The molecule has 0 unspecified atom stereocenters. The molecule has 0 saturated carbocycles. The predicted molar refractivity (Wildman–Crippen MR) is 75.3 cm³/mol. The number of hydrogen-bond acceptors (Lipinski definition) is 2. The van der Waals surface area contributed by atoms with Gasteiger partial charge in [0.1, 0.15) is 11.6 Å². The molecule has 0 bridgehead atoms. The summed E-state index contributed by atoms with van der Waals surface area (Å²) >= 11 is 0. The quantitative estimate of drug-likeness (QED) is 0.900. The van der Waals surface area contributed by atoms with Crippen molar-refractivity contribution in [1.29, 1.82) is 0 Å². The monoisotopic (exact) mass is 273 g/mol. The molecule has 0 spiro atoms. The minimum Gasteiger partial charge on any atom is -0.508 e. The standard InChI is InChI=1S/C16H16FNO2/c1-11-10-13(17)4-7-15(11)16(20)18-9-8-12-2-5-14(19)6-3-12/h2-7,10,19H,8-9H2,1H3,(H,18,20). The van der Waals surface area contributed by atoms with Crippen molar-refractivity contribution in [2.75, 3.05) is 6.54 Å². The van der Waals surface area contributed by atoms with E-state index in [0.29, 0.717) is 24.1 Å². The molecule has 0 radical (unpaired) electrons. The van der Waals surface area contributed by atoms with Crippen LogP contribution in [0.2, 0.25) is 0 Å². The summed E-state index contributed by atoms with van der Waals surface area (Å²) < 4.78 is 13.0. The first kappa shape index (κ1) is 14.1. The van der Waals surface area contributed by atoms with Gasteiger partial charge < -0.3 is 10.4 Å². The molecule has 3 nitrogen and oxygen atoms in total. The van der Waals surface area contributed by atoms with E-state index in [9.17, 15) is 14.3 Å². The number of phenolic OH excluding ortho intramolecular Hbond substituents is 1. The zero-order chi connectivity index (χ0) is 14.5. The maximum Gasteiger partial charge on any atom is 0.251 e. The van der Waals surface area contributed by atoms with Crippen molar-refractivity contribution in [2.24, 2.45) is 0 Å². The zero-order valence-electron chi connectivity index (χ0n) is 11.2. The summed E-state index contributed by atoms with van der Waals surface area (Å²) in [4.78, 5) is 11.9. The Morgan fingerprint density at radius 2 is 1.90 bits per heavy atom. The molecule has 20 heavy (non-hydrogen) atoms. The summed E-state index contributed by atoms with van der Waals surface area (Å²) in [5, 5.41) is 12.0. The van der Waals surface area contributed by atoms with Gasteiger partial charge in [0.15, 0.2) is 0 Å². The van der Waals surface area contributed by atoms with Gasteiger partial charge in [-0.3, -0.25) is 4.79 Å². The number of rotatable bonds is 4. The van der Waals surface area contributed by atoms with Crippen LogP contribution in [0, 0.1) is 12.7 Å². The van der Waals surface area contributed by atoms with Gasteiger partial charge in [0.05, 0.1) is 0 Å². The Balaban J connectivity index is 1.90. The number of nitrogens with one attached hydrogen (secondary N) is 1. The Kier molecular flexibility index (Phi) is 4.35. The summed E-state index contributed by atoms with van der Waals surface area (Å²) in [6, 6.07) is 11.0. The molecule has 1 amide bonds. The van der Waals surface area contributed by atoms with Gasteiger partial charge in [-0.2, -0.15) is 0 Å². The Labute approximate surface area is 117 Å². The lowest BCUT2D eigenvalue weighted by Crippen LogP contribution is -2.26. The van der Waals surface area contributed by atoms with Crippen LogP contribution in [0.25, 0.3) is 0 Å². The fourth-order valence-corrected chi connectivity index (χ4v) is 1.96. The van der Waals surface area contributed by atoms with Crippen molar-refractivity contribution in [3.63, 3.8) is 0 Å². The molecule has 0 fully saturated rings. The van der Waals surface area contributed by atoms with Gasteiger partial charge in [-0.1, -0.05) is 12.1 Å². The Morgan fingerprint density at radius 1 is 1.20 bits per heavy atom. The van der Waals surface area contributed by atoms with E-state index in [0.717, 1.165) is 5.56 Å². The second-order valence-electron chi connectivity index (χ2n) is 4.63. The van der Waals surface area contributed by atoms with E-state index >= 15 is 0 Å². The third-order valence-electron chi connectivity index (χ3n) is 3.07. The van der Waals surface area contributed by atoms with Gasteiger partial charge in [0.25, 0.3) is 5.91 Å². The third kappa shape index (κ3) is 3.57. The average molecular weight is 273 g/mol. The van der Waals surface area contributed by atoms with Crippen molar-refractivity contribution in [2.45, 2.75) is 13.3 Å². The van der Waals surface area contributed by atoms with Crippen LogP contribution in [-0.2, 0) is 6.42 Å². The topological polar surface area (TPSA) is 49.3 Å². The fraction of sp³-hybridized carbons (Fsp3) is 0.188. The highest BCUT2D eigenvalue weighted by atomic mass is 19.1. The van der Waals surface area contributed by atoms with Crippen LogP contribution in [0.3, 0.4) is 0 Å². The first-order valence-electron chi connectivity index (χ1n) is 6.38. The van der Waals surface area contributed by atoms with Gasteiger partial charge in [-0.25, -0.2) is 4.39 Å². The van der Waals surface area contributed by atoms with E-state index in [1.807, 2.05) is 12.1 Å². The SMILES string of the molecule is Cc1cc(F)ccc1C(=O)NCCc1ccc(O)cc1. The van der Waals surface area contributed by atoms with E-state index < -0.39 is 0 Å². The number of benzene rings is 2. The van der Waals surface area contributed by atoms with Crippen LogP contribution in [0.15, 0.2) is 42.5 Å². The molecule has 104 valence electrons. The van der Waals surface area contributed by atoms with Crippen LogP contribution >= 0.6 is 0 Å².